The zero-order valence-corrected chi connectivity index (χ0v) is 12.6. The summed E-state index contributed by atoms with van der Waals surface area (Å²) in [5.41, 5.74) is 1.25. The average molecular weight is 290 g/mol. The van der Waals surface area contributed by atoms with E-state index in [9.17, 15) is 14.7 Å². The van der Waals surface area contributed by atoms with E-state index in [1.54, 1.807) is 7.05 Å². The summed E-state index contributed by atoms with van der Waals surface area (Å²) in [6, 6.07) is 7.50. The van der Waals surface area contributed by atoms with Crippen LogP contribution in [-0.2, 0) is 11.2 Å². The van der Waals surface area contributed by atoms with Crippen molar-refractivity contribution in [2.75, 3.05) is 18.5 Å². The van der Waals surface area contributed by atoms with E-state index in [0.717, 1.165) is 18.5 Å². The first-order chi connectivity index (χ1) is 9.98. The number of rotatable bonds is 5. The van der Waals surface area contributed by atoms with Gasteiger partial charge in [0, 0.05) is 19.3 Å². The van der Waals surface area contributed by atoms with Crippen LogP contribution in [0.4, 0.5) is 10.5 Å². The number of urea groups is 1. The van der Waals surface area contributed by atoms with Crippen LogP contribution in [0.2, 0.25) is 0 Å². The maximum Gasteiger partial charge on any atom is 0.321 e. The molecule has 0 heterocycles. The second-order valence-corrected chi connectivity index (χ2v) is 5.68. The van der Waals surface area contributed by atoms with Crippen LogP contribution in [-0.4, -0.2) is 30.7 Å². The highest BCUT2D eigenvalue weighted by molar-refractivity contribution is 5.91. The predicted molar refractivity (Wildman–Crippen MR) is 81.5 cm³/mol. The molecular formula is C16H22N2O3. The molecule has 5 nitrogen and oxygen atoms in total. The molecule has 0 aliphatic heterocycles. The van der Waals surface area contributed by atoms with Gasteiger partial charge in [-0.3, -0.25) is 9.69 Å². The lowest BCUT2D eigenvalue weighted by molar-refractivity contribution is -0.153. The van der Waals surface area contributed by atoms with Crippen LogP contribution in [0.5, 0.6) is 0 Å². The Hall–Kier alpha value is -2.04. The normalized spacial score (nSPS) is 15.9. The van der Waals surface area contributed by atoms with Crippen molar-refractivity contribution in [1.82, 2.24) is 5.32 Å². The number of carbonyl (C=O) groups excluding carboxylic acids is 1. The molecule has 0 radical (unpaired) electrons. The van der Waals surface area contributed by atoms with E-state index in [0.29, 0.717) is 12.8 Å². The van der Waals surface area contributed by atoms with Crippen molar-refractivity contribution in [3.05, 3.63) is 29.8 Å². The van der Waals surface area contributed by atoms with Gasteiger partial charge in [0.15, 0.2) is 0 Å². The molecule has 1 saturated carbocycles. The zero-order valence-electron chi connectivity index (χ0n) is 12.6. The third-order valence-corrected chi connectivity index (χ3v) is 4.38. The number of aliphatic carboxylic acids is 1. The lowest BCUT2D eigenvalue weighted by Crippen LogP contribution is -2.50. The summed E-state index contributed by atoms with van der Waals surface area (Å²) in [5, 5.41) is 12.0. The fourth-order valence-corrected chi connectivity index (χ4v) is 2.51. The van der Waals surface area contributed by atoms with Gasteiger partial charge < -0.3 is 10.4 Å². The lowest BCUT2D eigenvalue weighted by Gasteiger charge is -2.37. The number of anilines is 1. The molecule has 21 heavy (non-hydrogen) atoms. The van der Waals surface area contributed by atoms with Gasteiger partial charge in [-0.15, -0.1) is 0 Å². The Kier molecular flexibility index (Phi) is 4.50. The molecule has 0 bridgehead atoms. The molecule has 1 aliphatic carbocycles. The highest BCUT2D eigenvalue weighted by Crippen LogP contribution is 2.40. The number of hydrogen-bond donors (Lipinski definition) is 2. The molecule has 0 saturated heterocycles. The van der Waals surface area contributed by atoms with E-state index in [1.165, 1.54) is 10.5 Å². The summed E-state index contributed by atoms with van der Waals surface area (Å²) < 4.78 is 0. The molecule has 0 unspecified atom stereocenters. The maximum atomic E-state index is 12.1. The lowest BCUT2D eigenvalue weighted by atomic mass is 9.69. The van der Waals surface area contributed by atoms with Gasteiger partial charge in [-0.25, -0.2) is 4.79 Å². The predicted octanol–water partition coefficient (Wildman–Crippen LogP) is 2.65. The van der Waals surface area contributed by atoms with Gasteiger partial charge in [-0.1, -0.05) is 25.5 Å². The molecular weight excluding hydrogens is 268 g/mol. The van der Waals surface area contributed by atoms with Crippen molar-refractivity contribution in [1.29, 1.82) is 0 Å². The fourth-order valence-electron chi connectivity index (χ4n) is 2.51. The van der Waals surface area contributed by atoms with Crippen molar-refractivity contribution >= 4 is 17.7 Å². The Bertz CT molecular complexity index is 521. The molecule has 1 aliphatic rings. The number of carbonyl (C=O) groups is 2. The molecule has 5 heteroatoms. The third-order valence-electron chi connectivity index (χ3n) is 4.38. The van der Waals surface area contributed by atoms with Crippen molar-refractivity contribution < 1.29 is 14.7 Å². The number of nitrogens with one attached hydrogen (secondary N) is 1. The first-order valence-electron chi connectivity index (χ1n) is 7.32. The van der Waals surface area contributed by atoms with Crippen molar-refractivity contribution in [2.24, 2.45) is 5.41 Å². The van der Waals surface area contributed by atoms with E-state index >= 15 is 0 Å². The SMILES string of the molecule is CCc1ccc(N(C)C(=O)NCC2(C(=O)O)CCC2)cc1. The van der Waals surface area contributed by atoms with E-state index in [1.807, 2.05) is 24.3 Å². The Balaban J connectivity index is 1.94. The summed E-state index contributed by atoms with van der Waals surface area (Å²) >= 11 is 0. The molecule has 1 aromatic rings. The van der Waals surface area contributed by atoms with E-state index in [2.05, 4.69) is 12.2 Å². The molecule has 114 valence electrons. The largest absolute Gasteiger partial charge is 0.481 e. The summed E-state index contributed by atoms with van der Waals surface area (Å²) in [5.74, 6) is -0.816. The Morgan fingerprint density at radius 2 is 1.90 bits per heavy atom. The molecule has 0 atom stereocenters. The summed E-state index contributed by atoms with van der Waals surface area (Å²) in [6.45, 7) is 2.27. The monoisotopic (exact) mass is 290 g/mol. The minimum atomic E-state index is -0.816. The molecule has 2 N–H and O–H groups in total. The summed E-state index contributed by atoms with van der Waals surface area (Å²) in [6.07, 6.45) is 3.14. The Morgan fingerprint density at radius 1 is 1.29 bits per heavy atom. The van der Waals surface area contributed by atoms with Crippen LogP contribution < -0.4 is 10.2 Å². The Morgan fingerprint density at radius 3 is 2.33 bits per heavy atom. The van der Waals surface area contributed by atoms with Crippen LogP contribution in [0.1, 0.15) is 31.7 Å². The molecule has 2 amide bonds. The minimum absolute atomic E-state index is 0.193. The summed E-state index contributed by atoms with van der Waals surface area (Å²) in [7, 11) is 1.69. The van der Waals surface area contributed by atoms with Gasteiger partial charge in [-0.2, -0.15) is 0 Å². The third kappa shape index (κ3) is 3.17. The van der Waals surface area contributed by atoms with Gasteiger partial charge in [0.25, 0.3) is 0 Å². The van der Waals surface area contributed by atoms with Crippen LogP contribution >= 0.6 is 0 Å². The quantitative estimate of drug-likeness (QED) is 0.876. The van der Waals surface area contributed by atoms with E-state index < -0.39 is 11.4 Å². The average Bonchev–Trinajstić information content (AvgIpc) is 2.44. The van der Waals surface area contributed by atoms with Gasteiger partial charge in [0.2, 0.25) is 0 Å². The van der Waals surface area contributed by atoms with Crippen LogP contribution in [0.15, 0.2) is 24.3 Å². The Labute approximate surface area is 125 Å². The number of carboxylic acid groups (broad SMARTS) is 1. The summed E-state index contributed by atoms with van der Waals surface area (Å²) in [4.78, 5) is 24.9. The highest BCUT2D eigenvalue weighted by atomic mass is 16.4. The van der Waals surface area contributed by atoms with Crippen LogP contribution in [0.25, 0.3) is 0 Å². The maximum absolute atomic E-state index is 12.1. The topological polar surface area (TPSA) is 69.6 Å². The van der Waals surface area contributed by atoms with Gasteiger partial charge >= 0.3 is 12.0 Å². The fraction of sp³-hybridized carbons (Fsp3) is 0.500. The smallest absolute Gasteiger partial charge is 0.321 e. The molecule has 2 rings (SSSR count). The number of benzene rings is 1. The number of amides is 2. The second-order valence-electron chi connectivity index (χ2n) is 5.68. The first kappa shape index (κ1) is 15.4. The van der Waals surface area contributed by atoms with Crippen LogP contribution in [0, 0.1) is 5.41 Å². The van der Waals surface area contributed by atoms with Crippen molar-refractivity contribution in [2.45, 2.75) is 32.6 Å². The van der Waals surface area contributed by atoms with Crippen molar-refractivity contribution in [3.8, 4) is 0 Å². The standard InChI is InChI=1S/C16H22N2O3/c1-3-12-5-7-13(8-6-12)18(2)15(21)17-11-16(14(19)20)9-4-10-16/h5-8H,3-4,9-11H2,1-2H3,(H,17,21)(H,19,20). The second kappa shape index (κ2) is 6.16. The molecule has 1 aromatic carbocycles. The number of nitrogens with zero attached hydrogens (tertiary/aromatic N) is 1. The van der Waals surface area contributed by atoms with Gasteiger partial charge in [0.05, 0.1) is 5.41 Å². The molecule has 0 aromatic heterocycles. The van der Waals surface area contributed by atoms with Gasteiger partial charge in [0.1, 0.15) is 0 Å². The van der Waals surface area contributed by atoms with Gasteiger partial charge in [-0.05, 0) is 37.0 Å². The molecule has 0 spiro atoms. The van der Waals surface area contributed by atoms with Crippen molar-refractivity contribution in [3.63, 3.8) is 0 Å². The number of hydrogen-bond acceptors (Lipinski definition) is 2. The molecule has 1 fully saturated rings. The van der Waals surface area contributed by atoms with E-state index in [-0.39, 0.29) is 12.6 Å². The minimum Gasteiger partial charge on any atom is -0.481 e. The highest BCUT2D eigenvalue weighted by Gasteiger charge is 2.44. The number of aryl methyl sites for hydroxylation is 1. The van der Waals surface area contributed by atoms with E-state index in [4.69, 9.17) is 0 Å². The zero-order chi connectivity index (χ0) is 15.5. The first-order valence-corrected chi connectivity index (χ1v) is 7.32. The number of carboxylic acids is 1. The van der Waals surface area contributed by atoms with Crippen LogP contribution in [0.3, 0.4) is 0 Å².